The van der Waals surface area contributed by atoms with Crippen molar-refractivity contribution in [3.05, 3.63) is 60.6 Å². The van der Waals surface area contributed by atoms with Crippen LogP contribution >= 0.6 is 0 Å². The zero-order valence-corrected chi connectivity index (χ0v) is 18.7. The van der Waals surface area contributed by atoms with Crippen molar-refractivity contribution in [1.82, 2.24) is 19.7 Å². The van der Waals surface area contributed by atoms with Crippen molar-refractivity contribution in [1.29, 1.82) is 0 Å². The van der Waals surface area contributed by atoms with Crippen LogP contribution in [0.2, 0.25) is 0 Å². The predicted octanol–water partition coefficient (Wildman–Crippen LogP) is 5.31. The lowest BCUT2D eigenvalue weighted by atomic mass is 9.92. The van der Waals surface area contributed by atoms with Gasteiger partial charge in [0.1, 0.15) is 5.75 Å². The van der Waals surface area contributed by atoms with Crippen LogP contribution in [0.25, 0.3) is 22.0 Å². The van der Waals surface area contributed by atoms with Gasteiger partial charge >= 0.3 is 6.01 Å². The lowest BCUT2D eigenvalue weighted by Crippen LogP contribution is -2.40. The lowest BCUT2D eigenvalue weighted by molar-refractivity contribution is -0.117. The smallest absolute Gasteiger partial charge is 0.322 e. The molecular weight excluding hydrogens is 414 g/mol. The predicted molar refractivity (Wildman–Crippen MR) is 126 cm³/mol. The number of rotatable bonds is 4. The molecule has 0 spiro atoms. The van der Waals surface area contributed by atoms with Gasteiger partial charge in [0.15, 0.2) is 0 Å². The molecule has 2 aromatic heterocycles. The van der Waals surface area contributed by atoms with Crippen molar-refractivity contribution in [3.8, 4) is 22.9 Å². The molecular formula is C26H25N5O2. The molecule has 1 amide bonds. The van der Waals surface area contributed by atoms with Crippen molar-refractivity contribution >= 4 is 22.5 Å². The number of para-hydroxylation sites is 1. The summed E-state index contributed by atoms with van der Waals surface area (Å²) in [7, 11) is 0. The van der Waals surface area contributed by atoms with Crippen LogP contribution in [0.1, 0.15) is 44.7 Å². The molecule has 2 aromatic carbocycles. The highest BCUT2D eigenvalue weighted by Crippen LogP contribution is 2.45. The van der Waals surface area contributed by atoms with Crippen LogP contribution in [-0.2, 0) is 11.2 Å². The molecule has 0 N–H and O–H groups in total. The summed E-state index contributed by atoms with van der Waals surface area (Å²) < 4.78 is 8.46. The van der Waals surface area contributed by atoms with Gasteiger partial charge in [0.05, 0.1) is 23.4 Å². The van der Waals surface area contributed by atoms with Crippen LogP contribution in [0.4, 0.5) is 5.69 Å². The first kappa shape index (κ1) is 19.9. The minimum atomic E-state index is 0.0330. The molecule has 7 nitrogen and oxygen atoms in total. The molecule has 1 aliphatic heterocycles. The minimum absolute atomic E-state index is 0.0330. The quantitative estimate of drug-likeness (QED) is 0.431. The molecule has 166 valence electrons. The number of hydrogen-bond donors (Lipinski definition) is 0. The standard InChI is InChI=1S/C26H25N5O2/c1-16-7-10-22-24(31(16)17(2)32)12-11-21(19-14-28-30(15-19)20-8-9-20)25(22)33-26-27-13-18-5-3-4-6-23(18)29-26/h3-6,11-16,20H,7-10H2,1-2H3. The van der Waals surface area contributed by atoms with Gasteiger partial charge < -0.3 is 9.64 Å². The molecule has 33 heavy (non-hydrogen) atoms. The summed E-state index contributed by atoms with van der Waals surface area (Å²) in [6.07, 6.45) is 9.78. The van der Waals surface area contributed by atoms with Gasteiger partial charge in [-0.2, -0.15) is 10.1 Å². The maximum absolute atomic E-state index is 12.5. The average Bonchev–Trinajstić information content (AvgIpc) is 3.55. The zero-order valence-electron chi connectivity index (χ0n) is 18.7. The third kappa shape index (κ3) is 3.53. The molecule has 1 saturated carbocycles. The van der Waals surface area contributed by atoms with Crippen molar-refractivity contribution in [3.63, 3.8) is 0 Å². The average molecular weight is 440 g/mol. The maximum atomic E-state index is 12.5. The number of carbonyl (C=O) groups is 1. The number of anilines is 1. The number of amides is 1. The number of carbonyl (C=O) groups excluding carboxylic acids is 1. The van der Waals surface area contributed by atoms with Crippen molar-refractivity contribution in [2.75, 3.05) is 4.90 Å². The Bertz CT molecular complexity index is 1370. The van der Waals surface area contributed by atoms with Crippen LogP contribution < -0.4 is 9.64 Å². The largest absolute Gasteiger partial charge is 0.423 e. The first-order chi connectivity index (χ1) is 16.1. The van der Waals surface area contributed by atoms with Gasteiger partial charge in [0.2, 0.25) is 5.91 Å². The SMILES string of the molecule is CC(=O)N1c2ccc(-c3cnn(C4CC4)c3)c(Oc3ncc4ccccc4n3)c2CCC1C. The van der Waals surface area contributed by atoms with Crippen LogP contribution in [-0.4, -0.2) is 31.7 Å². The Morgan fingerprint density at radius 3 is 2.76 bits per heavy atom. The fraction of sp³-hybridized carbons (Fsp3) is 0.308. The molecule has 0 saturated heterocycles. The Balaban J connectivity index is 1.49. The Hall–Kier alpha value is -3.74. The van der Waals surface area contributed by atoms with Crippen LogP contribution in [0.3, 0.4) is 0 Å². The second kappa shape index (κ2) is 7.69. The molecule has 1 aliphatic carbocycles. The summed E-state index contributed by atoms with van der Waals surface area (Å²) >= 11 is 0. The molecule has 1 unspecified atom stereocenters. The lowest BCUT2D eigenvalue weighted by Gasteiger charge is -2.35. The van der Waals surface area contributed by atoms with E-state index in [1.54, 1.807) is 13.1 Å². The Morgan fingerprint density at radius 1 is 1.09 bits per heavy atom. The first-order valence-electron chi connectivity index (χ1n) is 11.5. The van der Waals surface area contributed by atoms with E-state index in [9.17, 15) is 4.79 Å². The summed E-state index contributed by atoms with van der Waals surface area (Å²) in [5, 5.41) is 5.54. The Morgan fingerprint density at radius 2 is 1.94 bits per heavy atom. The van der Waals surface area contributed by atoms with E-state index in [0.29, 0.717) is 17.8 Å². The molecule has 7 heteroatoms. The molecule has 6 rings (SSSR count). The number of benzene rings is 2. The summed E-state index contributed by atoms with van der Waals surface area (Å²) in [6, 6.07) is 12.8. The third-order valence-electron chi connectivity index (χ3n) is 6.58. The number of ether oxygens (including phenoxy) is 1. The normalized spacial score (nSPS) is 17.8. The topological polar surface area (TPSA) is 73.1 Å². The minimum Gasteiger partial charge on any atom is -0.423 e. The van der Waals surface area contributed by atoms with E-state index in [1.807, 2.05) is 52.2 Å². The monoisotopic (exact) mass is 439 g/mol. The van der Waals surface area contributed by atoms with E-state index in [0.717, 1.165) is 46.1 Å². The van der Waals surface area contributed by atoms with E-state index in [-0.39, 0.29) is 11.9 Å². The Kier molecular flexibility index (Phi) is 4.64. The van der Waals surface area contributed by atoms with Gasteiger partial charge in [-0.25, -0.2) is 4.98 Å². The van der Waals surface area contributed by atoms with E-state index in [1.165, 1.54) is 12.8 Å². The molecule has 1 atom stereocenters. The van der Waals surface area contributed by atoms with E-state index in [4.69, 9.17) is 4.74 Å². The third-order valence-corrected chi connectivity index (χ3v) is 6.58. The van der Waals surface area contributed by atoms with Gasteiger partial charge in [-0.15, -0.1) is 0 Å². The van der Waals surface area contributed by atoms with Gasteiger partial charge in [-0.05, 0) is 50.8 Å². The van der Waals surface area contributed by atoms with Crippen LogP contribution in [0.15, 0.2) is 55.0 Å². The van der Waals surface area contributed by atoms with Crippen molar-refractivity contribution in [2.24, 2.45) is 0 Å². The summed E-state index contributed by atoms with van der Waals surface area (Å²) in [4.78, 5) is 23.4. The Labute approximate surface area is 192 Å². The molecule has 4 aromatic rings. The van der Waals surface area contributed by atoms with E-state index < -0.39 is 0 Å². The van der Waals surface area contributed by atoms with E-state index >= 15 is 0 Å². The number of aromatic nitrogens is 4. The molecule has 1 fully saturated rings. The van der Waals surface area contributed by atoms with Crippen molar-refractivity contribution < 1.29 is 9.53 Å². The van der Waals surface area contributed by atoms with Crippen LogP contribution in [0, 0.1) is 0 Å². The van der Waals surface area contributed by atoms with E-state index in [2.05, 4.69) is 28.2 Å². The fourth-order valence-electron chi connectivity index (χ4n) is 4.74. The maximum Gasteiger partial charge on any atom is 0.322 e. The second-order valence-electron chi connectivity index (χ2n) is 8.97. The fourth-order valence-corrected chi connectivity index (χ4v) is 4.74. The number of hydrogen-bond acceptors (Lipinski definition) is 5. The van der Waals surface area contributed by atoms with Gasteiger partial charge in [0.25, 0.3) is 0 Å². The summed E-state index contributed by atoms with van der Waals surface area (Å²) in [5.74, 6) is 0.738. The van der Waals surface area contributed by atoms with Gasteiger partial charge in [-0.1, -0.05) is 18.2 Å². The highest BCUT2D eigenvalue weighted by Gasteiger charge is 2.31. The molecule has 2 aliphatic rings. The molecule has 0 radical (unpaired) electrons. The van der Waals surface area contributed by atoms with Gasteiger partial charge in [0, 0.05) is 47.4 Å². The van der Waals surface area contributed by atoms with Crippen LogP contribution in [0.5, 0.6) is 11.8 Å². The van der Waals surface area contributed by atoms with Crippen molar-refractivity contribution in [2.45, 2.75) is 51.6 Å². The highest BCUT2D eigenvalue weighted by molar-refractivity contribution is 5.95. The molecule has 0 bridgehead atoms. The summed E-state index contributed by atoms with van der Waals surface area (Å²) in [6.45, 7) is 3.71. The van der Waals surface area contributed by atoms with Gasteiger partial charge in [-0.3, -0.25) is 9.48 Å². The molecule has 3 heterocycles. The zero-order chi connectivity index (χ0) is 22.5. The second-order valence-corrected chi connectivity index (χ2v) is 8.97. The number of fused-ring (bicyclic) bond motifs is 2. The first-order valence-corrected chi connectivity index (χ1v) is 11.5. The highest BCUT2D eigenvalue weighted by atomic mass is 16.5. The summed E-state index contributed by atoms with van der Waals surface area (Å²) in [5.41, 5.74) is 4.67. The number of nitrogens with zero attached hydrogens (tertiary/aromatic N) is 5.